The quantitative estimate of drug-likeness (QED) is 0.870. The zero-order chi connectivity index (χ0) is 13.7. The third-order valence-electron chi connectivity index (χ3n) is 2.82. The van der Waals surface area contributed by atoms with Crippen LogP contribution < -0.4 is 4.74 Å². The highest BCUT2D eigenvalue weighted by Gasteiger charge is 2.20. The second-order valence-electron chi connectivity index (χ2n) is 4.83. The molecule has 1 aromatic rings. The molecule has 3 nitrogen and oxygen atoms in total. The van der Waals surface area contributed by atoms with Crippen LogP contribution in [0.1, 0.15) is 25.8 Å². The van der Waals surface area contributed by atoms with E-state index in [1.54, 1.807) is 7.11 Å². The molecule has 0 heterocycles. The fourth-order valence-corrected chi connectivity index (χ4v) is 2.35. The van der Waals surface area contributed by atoms with Gasteiger partial charge in [-0.25, -0.2) is 0 Å². The molecule has 0 aliphatic carbocycles. The zero-order valence-corrected chi connectivity index (χ0v) is 12.5. The van der Waals surface area contributed by atoms with Gasteiger partial charge in [-0.05, 0) is 42.5 Å². The van der Waals surface area contributed by atoms with Crippen LogP contribution in [0.5, 0.6) is 5.75 Å². The van der Waals surface area contributed by atoms with Gasteiger partial charge in [0.1, 0.15) is 5.75 Å². The molecule has 0 spiro atoms. The first-order valence-corrected chi connectivity index (χ1v) is 6.78. The maximum absolute atomic E-state index is 11.3. The molecule has 1 N–H and O–H groups in total. The third-order valence-corrected chi connectivity index (χ3v) is 3.60. The average Bonchev–Trinajstić information content (AvgIpc) is 2.30. The van der Waals surface area contributed by atoms with E-state index in [2.05, 4.69) is 15.9 Å². The molecule has 0 aliphatic heterocycles. The molecule has 18 heavy (non-hydrogen) atoms. The van der Waals surface area contributed by atoms with Crippen molar-refractivity contribution in [2.45, 2.75) is 26.7 Å². The number of hydrogen-bond donors (Lipinski definition) is 1. The van der Waals surface area contributed by atoms with Gasteiger partial charge in [0.2, 0.25) is 0 Å². The van der Waals surface area contributed by atoms with E-state index in [1.165, 1.54) is 0 Å². The second-order valence-corrected chi connectivity index (χ2v) is 5.68. The second kappa shape index (κ2) is 6.78. The van der Waals surface area contributed by atoms with Gasteiger partial charge in [0.05, 0.1) is 13.0 Å². The van der Waals surface area contributed by atoms with Crippen molar-refractivity contribution >= 4 is 21.9 Å². The molecule has 0 aliphatic rings. The van der Waals surface area contributed by atoms with E-state index in [1.807, 2.05) is 32.0 Å². The zero-order valence-electron chi connectivity index (χ0n) is 10.9. The van der Waals surface area contributed by atoms with Crippen molar-refractivity contribution in [3.05, 3.63) is 28.2 Å². The van der Waals surface area contributed by atoms with E-state index in [-0.39, 0.29) is 5.92 Å². The van der Waals surface area contributed by atoms with Crippen molar-refractivity contribution in [1.29, 1.82) is 0 Å². The van der Waals surface area contributed by atoms with Crippen LogP contribution in [0, 0.1) is 11.8 Å². The smallest absolute Gasteiger partial charge is 0.306 e. The summed E-state index contributed by atoms with van der Waals surface area (Å²) in [6.07, 6.45) is 1.20. The van der Waals surface area contributed by atoms with Crippen molar-refractivity contribution < 1.29 is 14.6 Å². The molecule has 100 valence electrons. The van der Waals surface area contributed by atoms with Crippen LogP contribution in [-0.4, -0.2) is 18.2 Å². The first-order valence-electron chi connectivity index (χ1n) is 5.99. The number of methoxy groups -OCH3 is 1. The molecule has 1 rings (SSSR count). The molecule has 0 fully saturated rings. The highest BCUT2D eigenvalue weighted by molar-refractivity contribution is 9.10. The Bertz CT molecular complexity index is 416. The number of halogens is 1. The molecular weight excluding hydrogens is 296 g/mol. The van der Waals surface area contributed by atoms with Crippen LogP contribution in [-0.2, 0) is 11.2 Å². The number of ether oxygens (including phenoxy) is 1. The molecule has 0 amide bonds. The van der Waals surface area contributed by atoms with E-state index in [4.69, 9.17) is 4.74 Å². The van der Waals surface area contributed by atoms with Crippen molar-refractivity contribution in [3.8, 4) is 5.75 Å². The summed E-state index contributed by atoms with van der Waals surface area (Å²) in [6, 6.07) is 5.63. The monoisotopic (exact) mass is 314 g/mol. The number of aliphatic carboxylic acids is 1. The number of hydrogen-bond acceptors (Lipinski definition) is 2. The van der Waals surface area contributed by atoms with Crippen LogP contribution >= 0.6 is 15.9 Å². The molecule has 1 aromatic carbocycles. The maximum atomic E-state index is 11.3. The van der Waals surface area contributed by atoms with Crippen LogP contribution in [0.2, 0.25) is 0 Å². The molecule has 4 heteroatoms. The predicted molar refractivity (Wildman–Crippen MR) is 75.0 cm³/mol. The summed E-state index contributed by atoms with van der Waals surface area (Å²) in [4.78, 5) is 11.3. The Morgan fingerprint density at radius 2 is 2.11 bits per heavy atom. The van der Waals surface area contributed by atoms with E-state index in [0.717, 1.165) is 15.8 Å². The van der Waals surface area contributed by atoms with Gasteiger partial charge >= 0.3 is 5.97 Å². The standard InChI is InChI=1S/C14H19BrO3/c1-9(2)6-11(14(16)17)7-10-8-12(18-3)4-5-13(10)15/h4-5,8-9,11H,6-7H2,1-3H3,(H,16,17). The minimum Gasteiger partial charge on any atom is -0.497 e. The fourth-order valence-electron chi connectivity index (χ4n) is 1.94. The summed E-state index contributed by atoms with van der Waals surface area (Å²) in [5.74, 6) is 0.0317. The summed E-state index contributed by atoms with van der Waals surface area (Å²) in [5, 5.41) is 9.25. The molecular formula is C14H19BrO3. The topological polar surface area (TPSA) is 46.5 Å². The maximum Gasteiger partial charge on any atom is 0.306 e. The van der Waals surface area contributed by atoms with Crippen molar-refractivity contribution in [2.75, 3.05) is 7.11 Å². The highest BCUT2D eigenvalue weighted by atomic mass is 79.9. The van der Waals surface area contributed by atoms with Crippen LogP contribution in [0.4, 0.5) is 0 Å². The molecule has 0 saturated carbocycles. The summed E-state index contributed by atoms with van der Waals surface area (Å²) in [7, 11) is 1.61. The van der Waals surface area contributed by atoms with Gasteiger partial charge in [-0.3, -0.25) is 4.79 Å². The molecule has 0 bridgehead atoms. The Kier molecular flexibility index (Phi) is 5.66. The Labute approximate surface area is 116 Å². The van der Waals surface area contributed by atoms with E-state index in [0.29, 0.717) is 18.8 Å². The molecule has 0 saturated heterocycles. The Hall–Kier alpha value is -1.03. The van der Waals surface area contributed by atoms with Gasteiger partial charge in [0, 0.05) is 4.47 Å². The lowest BCUT2D eigenvalue weighted by Crippen LogP contribution is -2.18. The van der Waals surface area contributed by atoms with Gasteiger partial charge in [-0.15, -0.1) is 0 Å². The van der Waals surface area contributed by atoms with Gasteiger partial charge in [-0.1, -0.05) is 29.8 Å². The summed E-state index contributed by atoms with van der Waals surface area (Å²) in [5.41, 5.74) is 0.974. The van der Waals surface area contributed by atoms with E-state index >= 15 is 0 Å². The van der Waals surface area contributed by atoms with Crippen LogP contribution in [0.15, 0.2) is 22.7 Å². The van der Waals surface area contributed by atoms with Crippen molar-refractivity contribution in [3.63, 3.8) is 0 Å². The number of carboxylic acid groups (broad SMARTS) is 1. The number of carbonyl (C=O) groups is 1. The summed E-state index contributed by atoms with van der Waals surface area (Å²) >= 11 is 3.45. The average molecular weight is 315 g/mol. The molecule has 1 unspecified atom stereocenters. The molecule has 1 atom stereocenters. The van der Waals surface area contributed by atoms with Crippen molar-refractivity contribution in [2.24, 2.45) is 11.8 Å². The Balaban J connectivity index is 2.89. The first-order chi connectivity index (χ1) is 8.43. The number of rotatable bonds is 6. The van der Waals surface area contributed by atoms with E-state index < -0.39 is 5.97 Å². The van der Waals surface area contributed by atoms with Gasteiger partial charge in [0.15, 0.2) is 0 Å². The Morgan fingerprint density at radius 3 is 2.61 bits per heavy atom. The third kappa shape index (κ3) is 4.33. The fraction of sp³-hybridized carbons (Fsp3) is 0.500. The Morgan fingerprint density at radius 1 is 1.44 bits per heavy atom. The number of carboxylic acids is 1. The number of benzene rings is 1. The SMILES string of the molecule is COc1ccc(Br)c(CC(CC(C)C)C(=O)O)c1. The lowest BCUT2D eigenvalue weighted by atomic mass is 9.91. The molecule has 0 radical (unpaired) electrons. The van der Waals surface area contributed by atoms with Crippen LogP contribution in [0.3, 0.4) is 0 Å². The minimum absolute atomic E-state index is 0.353. The first kappa shape index (κ1) is 15.0. The van der Waals surface area contributed by atoms with Gasteiger partial charge in [0.25, 0.3) is 0 Å². The predicted octanol–water partition coefficient (Wildman–Crippen LogP) is 3.75. The minimum atomic E-state index is -0.738. The van der Waals surface area contributed by atoms with Crippen molar-refractivity contribution in [1.82, 2.24) is 0 Å². The van der Waals surface area contributed by atoms with Crippen LogP contribution in [0.25, 0.3) is 0 Å². The van der Waals surface area contributed by atoms with Gasteiger partial charge < -0.3 is 9.84 Å². The lowest BCUT2D eigenvalue weighted by Gasteiger charge is -2.16. The van der Waals surface area contributed by atoms with E-state index in [9.17, 15) is 9.90 Å². The highest BCUT2D eigenvalue weighted by Crippen LogP contribution is 2.27. The van der Waals surface area contributed by atoms with Gasteiger partial charge in [-0.2, -0.15) is 0 Å². The summed E-state index contributed by atoms with van der Waals surface area (Å²) in [6.45, 7) is 4.08. The normalized spacial score (nSPS) is 12.5. The lowest BCUT2D eigenvalue weighted by molar-refractivity contribution is -0.142. The summed E-state index contributed by atoms with van der Waals surface area (Å²) < 4.78 is 6.09. The largest absolute Gasteiger partial charge is 0.497 e. The molecule has 0 aromatic heterocycles.